The summed E-state index contributed by atoms with van der Waals surface area (Å²) in [6.45, 7) is 0. The maximum absolute atomic E-state index is 9.78. The summed E-state index contributed by atoms with van der Waals surface area (Å²) in [5, 5.41) is 11.1. The van der Waals surface area contributed by atoms with E-state index in [9.17, 15) is 5.26 Å². The number of aryl methyl sites for hydroxylation is 2. The molecule has 5 rings (SSSR count). The minimum Gasteiger partial charge on any atom is -0.350 e. The molecule has 3 nitrogen and oxygen atoms in total. The highest BCUT2D eigenvalue weighted by Gasteiger charge is 2.24. The van der Waals surface area contributed by atoms with Gasteiger partial charge in [-0.25, -0.2) is 0 Å². The summed E-state index contributed by atoms with van der Waals surface area (Å²) in [6.07, 6.45) is 6.10. The van der Waals surface area contributed by atoms with Crippen LogP contribution in [0.2, 0.25) is 0 Å². The van der Waals surface area contributed by atoms with Gasteiger partial charge in [0.15, 0.2) is 0 Å². The molecule has 31 heavy (non-hydrogen) atoms. The number of fused-ring (bicyclic) bond motifs is 4. The Morgan fingerprint density at radius 3 is 2.13 bits per heavy atom. The van der Waals surface area contributed by atoms with Crippen LogP contribution >= 0.6 is 0 Å². The third kappa shape index (κ3) is 3.55. The van der Waals surface area contributed by atoms with Gasteiger partial charge in [-0.05, 0) is 48.4 Å². The number of para-hydroxylation sites is 1. The highest BCUT2D eigenvalue weighted by atomic mass is 14.9. The van der Waals surface area contributed by atoms with Crippen LogP contribution in [0, 0.1) is 11.3 Å². The van der Waals surface area contributed by atoms with E-state index in [1.807, 2.05) is 12.1 Å². The van der Waals surface area contributed by atoms with Gasteiger partial charge in [0.05, 0.1) is 11.8 Å². The average molecular weight is 404 g/mol. The van der Waals surface area contributed by atoms with Crippen LogP contribution < -0.4 is 0 Å². The van der Waals surface area contributed by atoms with Gasteiger partial charge < -0.3 is 4.57 Å². The van der Waals surface area contributed by atoms with Crippen LogP contribution in [0.5, 0.6) is 0 Å². The highest BCUT2D eigenvalue weighted by Crippen LogP contribution is 2.37. The number of aliphatic imine (C=N–C) groups is 1. The van der Waals surface area contributed by atoms with Crippen molar-refractivity contribution in [1.29, 1.82) is 5.26 Å². The molecule has 0 saturated carbocycles. The van der Waals surface area contributed by atoms with Gasteiger partial charge in [-0.2, -0.15) is 5.26 Å². The predicted molar refractivity (Wildman–Crippen MR) is 127 cm³/mol. The first kappa shape index (κ1) is 19.3. The summed E-state index contributed by atoms with van der Waals surface area (Å²) in [6, 6.07) is 27.4. The molecule has 0 aliphatic heterocycles. The van der Waals surface area contributed by atoms with E-state index in [4.69, 9.17) is 4.99 Å². The number of aromatic nitrogens is 1. The minimum absolute atomic E-state index is 0.318. The van der Waals surface area contributed by atoms with Crippen molar-refractivity contribution >= 4 is 16.6 Å². The summed E-state index contributed by atoms with van der Waals surface area (Å²) < 4.78 is 2.20. The van der Waals surface area contributed by atoms with Gasteiger partial charge in [0.2, 0.25) is 0 Å². The number of benzene rings is 3. The Morgan fingerprint density at radius 1 is 0.839 bits per heavy atom. The van der Waals surface area contributed by atoms with E-state index < -0.39 is 0 Å². The van der Waals surface area contributed by atoms with Gasteiger partial charge >= 0.3 is 0 Å². The van der Waals surface area contributed by atoms with Gasteiger partial charge in [0, 0.05) is 35.3 Å². The fourth-order valence-corrected chi connectivity index (χ4v) is 4.72. The Hall–Kier alpha value is -3.64. The first-order valence-corrected chi connectivity index (χ1v) is 11.0. The van der Waals surface area contributed by atoms with Crippen molar-refractivity contribution in [1.82, 2.24) is 4.57 Å². The summed E-state index contributed by atoms with van der Waals surface area (Å²) in [5.74, 6) is 0. The fourth-order valence-electron chi connectivity index (χ4n) is 4.72. The topological polar surface area (TPSA) is 41.1 Å². The van der Waals surface area contributed by atoms with Crippen LogP contribution in [0.25, 0.3) is 22.0 Å². The molecule has 0 spiro atoms. The Labute approximate surface area is 183 Å². The molecule has 1 atom stereocenters. The lowest BCUT2D eigenvalue weighted by Crippen LogP contribution is -2.08. The maximum Gasteiger partial charge on any atom is 0.137 e. The lowest BCUT2D eigenvalue weighted by Gasteiger charge is -2.08. The number of nitrogens with zero attached hydrogens (tertiary/aromatic N) is 3. The SMILES string of the molecule is Cn1cc(CCCCC(C#N)N=C2c3ccccc3-c3ccccc32)c2ccccc21. The summed E-state index contributed by atoms with van der Waals surface area (Å²) in [7, 11) is 2.10. The maximum atomic E-state index is 9.78. The Kier molecular flexibility index (Phi) is 5.14. The van der Waals surface area contributed by atoms with Crippen molar-refractivity contribution in [2.75, 3.05) is 0 Å². The Balaban J connectivity index is 1.30. The Morgan fingerprint density at radius 2 is 1.45 bits per heavy atom. The van der Waals surface area contributed by atoms with Crippen molar-refractivity contribution < 1.29 is 0 Å². The molecule has 3 heteroatoms. The van der Waals surface area contributed by atoms with Crippen molar-refractivity contribution in [3.63, 3.8) is 0 Å². The molecule has 1 aliphatic rings. The first-order chi connectivity index (χ1) is 15.3. The molecule has 152 valence electrons. The average Bonchev–Trinajstić information content (AvgIpc) is 3.31. The number of rotatable bonds is 6. The van der Waals surface area contributed by atoms with Crippen LogP contribution in [-0.4, -0.2) is 16.3 Å². The molecule has 1 aromatic heterocycles. The monoisotopic (exact) mass is 403 g/mol. The molecule has 0 amide bonds. The predicted octanol–water partition coefficient (Wildman–Crippen LogP) is 6.30. The molecule has 0 N–H and O–H groups in total. The summed E-state index contributed by atoms with van der Waals surface area (Å²) >= 11 is 0. The van der Waals surface area contributed by atoms with Gasteiger partial charge in [0.1, 0.15) is 6.04 Å². The fraction of sp³-hybridized carbons (Fsp3) is 0.214. The second-order valence-corrected chi connectivity index (χ2v) is 8.24. The largest absolute Gasteiger partial charge is 0.350 e. The second kappa shape index (κ2) is 8.24. The zero-order valence-corrected chi connectivity index (χ0v) is 17.8. The standard InChI is InChI=1S/C28H25N3/c1-31-19-20(22-12-8-9-17-27(22)31)10-2-3-11-21(18-29)30-28-25-15-6-4-13-23(25)24-14-5-7-16-26(24)28/h4-9,12-17,19,21H,2-3,10-11H2,1H3. The molecule has 3 aromatic carbocycles. The van der Waals surface area contributed by atoms with Crippen LogP contribution in [0.4, 0.5) is 0 Å². The molecular weight excluding hydrogens is 378 g/mol. The molecule has 1 aliphatic carbocycles. The van der Waals surface area contributed by atoms with E-state index >= 15 is 0 Å². The normalized spacial score (nSPS) is 13.0. The molecule has 1 heterocycles. The third-order valence-corrected chi connectivity index (χ3v) is 6.24. The van der Waals surface area contributed by atoms with E-state index in [2.05, 4.69) is 84.5 Å². The molecule has 4 aromatic rings. The number of hydrogen-bond donors (Lipinski definition) is 0. The van der Waals surface area contributed by atoms with E-state index in [0.29, 0.717) is 0 Å². The minimum atomic E-state index is -0.318. The van der Waals surface area contributed by atoms with Gasteiger partial charge in [0.25, 0.3) is 0 Å². The number of nitriles is 1. The quantitative estimate of drug-likeness (QED) is 0.307. The lowest BCUT2D eigenvalue weighted by atomic mass is 10.0. The van der Waals surface area contributed by atoms with Crippen LogP contribution in [0.15, 0.2) is 84.0 Å². The summed E-state index contributed by atoms with van der Waals surface area (Å²) in [4.78, 5) is 4.93. The number of unbranched alkanes of at least 4 members (excludes halogenated alkanes) is 1. The zero-order valence-electron chi connectivity index (χ0n) is 17.8. The van der Waals surface area contributed by atoms with Crippen molar-refractivity contribution in [3.05, 3.63) is 95.7 Å². The zero-order chi connectivity index (χ0) is 21.2. The van der Waals surface area contributed by atoms with Crippen LogP contribution in [-0.2, 0) is 13.5 Å². The molecule has 0 saturated heterocycles. The third-order valence-electron chi connectivity index (χ3n) is 6.24. The molecular formula is C28H25N3. The van der Waals surface area contributed by atoms with Crippen molar-refractivity contribution in [3.8, 4) is 17.2 Å². The van der Waals surface area contributed by atoms with Gasteiger partial charge in [-0.3, -0.25) is 4.99 Å². The van der Waals surface area contributed by atoms with Crippen LogP contribution in [0.1, 0.15) is 36.0 Å². The molecule has 0 fully saturated rings. The molecule has 1 unspecified atom stereocenters. The molecule has 0 radical (unpaired) electrons. The second-order valence-electron chi connectivity index (χ2n) is 8.24. The van der Waals surface area contributed by atoms with Crippen molar-refractivity contribution in [2.24, 2.45) is 12.0 Å². The highest BCUT2D eigenvalue weighted by molar-refractivity contribution is 6.24. The number of hydrogen-bond acceptors (Lipinski definition) is 2. The van der Waals surface area contributed by atoms with Gasteiger partial charge in [-0.1, -0.05) is 66.7 Å². The van der Waals surface area contributed by atoms with Crippen molar-refractivity contribution in [2.45, 2.75) is 31.7 Å². The van der Waals surface area contributed by atoms with E-state index in [1.165, 1.54) is 27.6 Å². The van der Waals surface area contributed by atoms with E-state index in [-0.39, 0.29) is 6.04 Å². The van der Waals surface area contributed by atoms with Gasteiger partial charge in [-0.15, -0.1) is 0 Å². The Bertz CT molecular complexity index is 1270. The molecule has 0 bridgehead atoms. The van der Waals surface area contributed by atoms with E-state index in [0.717, 1.165) is 42.5 Å². The van der Waals surface area contributed by atoms with Crippen LogP contribution in [0.3, 0.4) is 0 Å². The first-order valence-electron chi connectivity index (χ1n) is 11.0. The smallest absolute Gasteiger partial charge is 0.137 e. The summed E-state index contributed by atoms with van der Waals surface area (Å²) in [5.41, 5.74) is 8.33. The lowest BCUT2D eigenvalue weighted by molar-refractivity contribution is 0.639. The van der Waals surface area contributed by atoms with E-state index in [1.54, 1.807) is 0 Å².